The molecule has 0 amide bonds. The van der Waals surface area contributed by atoms with Crippen molar-refractivity contribution in [2.45, 2.75) is 32.2 Å². The van der Waals surface area contributed by atoms with Gasteiger partial charge in [0, 0.05) is 18.6 Å². The van der Waals surface area contributed by atoms with Gasteiger partial charge in [-0.3, -0.25) is 4.79 Å². The fraction of sp³-hybridized carbons (Fsp3) is 0.933. The normalized spacial score (nSPS) is 60.3. The molecule has 3 N–H and O–H groups in total. The molecule has 0 heterocycles. The first kappa shape index (κ1) is 11.4. The van der Waals surface area contributed by atoms with Gasteiger partial charge in [0.15, 0.2) is 0 Å². The number of hydrogen-bond acceptors (Lipinski definition) is 3. The summed E-state index contributed by atoms with van der Waals surface area (Å²) in [5.41, 5.74) is 6.26. The van der Waals surface area contributed by atoms with E-state index in [1.807, 2.05) is 0 Å². The van der Waals surface area contributed by atoms with E-state index in [1.165, 1.54) is 19.3 Å². The fourth-order valence-corrected chi connectivity index (χ4v) is 6.65. The minimum absolute atomic E-state index is 0.150. The predicted molar refractivity (Wildman–Crippen MR) is 67.5 cm³/mol. The van der Waals surface area contributed by atoms with E-state index in [1.54, 1.807) is 6.92 Å². The third-order valence-electron chi connectivity index (χ3n) is 6.87. The number of fused-ring (bicyclic) bond motifs is 9. The van der Waals surface area contributed by atoms with E-state index in [9.17, 15) is 9.90 Å². The summed E-state index contributed by atoms with van der Waals surface area (Å²) in [5, 5.41) is 9.68. The molecule has 0 aliphatic heterocycles. The summed E-state index contributed by atoms with van der Waals surface area (Å²) in [6, 6.07) is 0.394. The van der Waals surface area contributed by atoms with Crippen LogP contribution in [0.15, 0.2) is 0 Å². The Hall–Kier alpha value is -0.410. The Labute approximate surface area is 108 Å². The minimum Gasteiger partial charge on any atom is -0.396 e. The monoisotopic (exact) mass is 249 g/mol. The smallest absolute Gasteiger partial charge is 0.133 e. The van der Waals surface area contributed by atoms with Crippen LogP contribution in [0.5, 0.6) is 0 Å². The van der Waals surface area contributed by atoms with Crippen molar-refractivity contribution in [1.82, 2.24) is 0 Å². The van der Waals surface area contributed by atoms with Crippen molar-refractivity contribution >= 4 is 5.78 Å². The van der Waals surface area contributed by atoms with Crippen molar-refractivity contribution in [2.75, 3.05) is 6.61 Å². The molecule has 4 saturated carbocycles. The molecule has 0 aromatic carbocycles. The Kier molecular flexibility index (Phi) is 2.27. The molecule has 4 aliphatic carbocycles. The van der Waals surface area contributed by atoms with Crippen LogP contribution >= 0.6 is 0 Å². The lowest BCUT2D eigenvalue weighted by molar-refractivity contribution is -0.127. The van der Waals surface area contributed by atoms with Crippen molar-refractivity contribution in [1.29, 1.82) is 0 Å². The van der Waals surface area contributed by atoms with E-state index >= 15 is 0 Å². The molecule has 100 valence electrons. The topological polar surface area (TPSA) is 63.3 Å². The van der Waals surface area contributed by atoms with Gasteiger partial charge in [-0.15, -0.1) is 0 Å². The highest BCUT2D eigenvalue weighted by Crippen LogP contribution is 2.70. The Morgan fingerprint density at radius 3 is 2.61 bits per heavy atom. The van der Waals surface area contributed by atoms with Gasteiger partial charge < -0.3 is 10.8 Å². The summed E-state index contributed by atoms with van der Waals surface area (Å²) in [6.45, 7) is 1.92. The van der Waals surface area contributed by atoms with Crippen LogP contribution in [-0.4, -0.2) is 23.5 Å². The number of ketones is 1. The fourth-order valence-electron chi connectivity index (χ4n) is 6.65. The third kappa shape index (κ3) is 1.16. The van der Waals surface area contributed by atoms with Crippen molar-refractivity contribution < 1.29 is 9.90 Å². The van der Waals surface area contributed by atoms with Gasteiger partial charge in [0.2, 0.25) is 0 Å². The van der Waals surface area contributed by atoms with Crippen LogP contribution in [0.4, 0.5) is 0 Å². The van der Waals surface area contributed by atoms with Crippen molar-refractivity contribution in [2.24, 2.45) is 53.1 Å². The lowest BCUT2D eigenvalue weighted by Crippen LogP contribution is -2.46. The molecule has 0 aromatic rings. The van der Waals surface area contributed by atoms with E-state index in [4.69, 9.17) is 5.73 Å². The van der Waals surface area contributed by atoms with Crippen molar-refractivity contribution in [3.8, 4) is 0 Å². The number of nitrogens with two attached hydrogens (primary N) is 1. The largest absolute Gasteiger partial charge is 0.396 e. The maximum atomic E-state index is 11.9. The van der Waals surface area contributed by atoms with Crippen LogP contribution in [0.1, 0.15) is 26.2 Å². The quantitative estimate of drug-likeness (QED) is 0.719. The second-order valence-electron chi connectivity index (χ2n) is 7.26. The van der Waals surface area contributed by atoms with Gasteiger partial charge in [-0.2, -0.15) is 0 Å². The zero-order chi connectivity index (χ0) is 12.6. The second-order valence-corrected chi connectivity index (χ2v) is 7.26. The molecule has 9 atom stereocenters. The molecule has 3 heteroatoms. The average Bonchev–Trinajstić information content (AvgIpc) is 3.01. The van der Waals surface area contributed by atoms with E-state index in [2.05, 4.69) is 0 Å². The Morgan fingerprint density at radius 2 is 1.94 bits per heavy atom. The van der Waals surface area contributed by atoms with Gasteiger partial charge >= 0.3 is 0 Å². The van der Waals surface area contributed by atoms with Gasteiger partial charge in [0.05, 0.1) is 0 Å². The molecule has 4 bridgehead atoms. The lowest BCUT2D eigenvalue weighted by atomic mass is 9.62. The first-order valence-electron chi connectivity index (χ1n) is 7.50. The summed E-state index contributed by atoms with van der Waals surface area (Å²) in [4.78, 5) is 11.9. The van der Waals surface area contributed by atoms with E-state index in [-0.39, 0.29) is 18.4 Å². The van der Waals surface area contributed by atoms with Gasteiger partial charge in [0.1, 0.15) is 5.78 Å². The van der Waals surface area contributed by atoms with Crippen LogP contribution in [0.2, 0.25) is 0 Å². The van der Waals surface area contributed by atoms with E-state index < -0.39 is 0 Å². The molecule has 4 aliphatic rings. The average molecular weight is 249 g/mol. The number of carbonyl (C=O) groups is 1. The molecule has 4 rings (SSSR count). The highest BCUT2D eigenvalue weighted by Gasteiger charge is 2.67. The van der Waals surface area contributed by atoms with Gasteiger partial charge in [-0.05, 0) is 67.6 Å². The zero-order valence-corrected chi connectivity index (χ0v) is 11.0. The number of hydrogen-bond donors (Lipinski definition) is 2. The van der Waals surface area contributed by atoms with E-state index in [0.717, 1.165) is 17.8 Å². The van der Waals surface area contributed by atoms with Crippen LogP contribution < -0.4 is 5.73 Å². The molecular weight excluding hydrogens is 226 g/mol. The molecule has 0 aromatic heterocycles. The summed E-state index contributed by atoms with van der Waals surface area (Å²) in [5.74, 6) is 4.82. The second kappa shape index (κ2) is 3.57. The van der Waals surface area contributed by atoms with Crippen LogP contribution in [0.25, 0.3) is 0 Å². The molecule has 4 fully saturated rings. The van der Waals surface area contributed by atoms with Gasteiger partial charge in [-0.25, -0.2) is 0 Å². The summed E-state index contributed by atoms with van der Waals surface area (Å²) in [7, 11) is 0. The number of aliphatic hydroxyl groups is 1. The number of rotatable bonds is 2. The maximum absolute atomic E-state index is 11.9. The first-order valence-corrected chi connectivity index (χ1v) is 7.50. The molecule has 18 heavy (non-hydrogen) atoms. The molecule has 0 spiro atoms. The standard InChI is InChI=1S/C15H23NO2/c1-6(18)13-10-4-8(11(13)5-17)15-9-2-7(14(10)15)3-12(9)16/h7-15,17H,2-5,16H2,1H3. The zero-order valence-electron chi connectivity index (χ0n) is 11.0. The Bertz CT molecular complexity index is 396. The molecule has 3 nitrogen and oxygen atoms in total. The van der Waals surface area contributed by atoms with Crippen molar-refractivity contribution in [3.05, 3.63) is 0 Å². The first-order chi connectivity index (χ1) is 8.63. The van der Waals surface area contributed by atoms with E-state index in [0.29, 0.717) is 29.6 Å². The van der Waals surface area contributed by atoms with Crippen molar-refractivity contribution in [3.63, 3.8) is 0 Å². The predicted octanol–water partition coefficient (Wildman–Crippen LogP) is 1.05. The maximum Gasteiger partial charge on any atom is 0.133 e. The van der Waals surface area contributed by atoms with Gasteiger partial charge in [0.25, 0.3) is 0 Å². The third-order valence-corrected chi connectivity index (χ3v) is 6.87. The summed E-state index contributed by atoms with van der Waals surface area (Å²) in [6.07, 6.45) is 3.67. The Morgan fingerprint density at radius 1 is 1.17 bits per heavy atom. The highest BCUT2D eigenvalue weighted by molar-refractivity contribution is 5.79. The molecule has 0 saturated heterocycles. The summed E-state index contributed by atoms with van der Waals surface area (Å²) >= 11 is 0. The van der Waals surface area contributed by atoms with Crippen LogP contribution in [-0.2, 0) is 4.79 Å². The van der Waals surface area contributed by atoms with Crippen LogP contribution in [0, 0.1) is 47.3 Å². The minimum atomic E-state index is 0.150. The molecular formula is C15H23NO2. The summed E-state index contributed by atoms with van der Waals surface area (Å²) < 4.78 is 0. The molecule has 0 radical (unpaired) electrons. The Balaban J connectivity index is 1.70. The molecule has 9 unspecified atom stereocenters. The lowest BCUT2D eigenvalue weighted by Gasteiger charge is -2.43. The SMILES string of the molecule is CC(=O)C1C(CO)C2CC1C1C3CC(N)C(C3)C21. The number of carbonyl (C=O) groups excluding carboxylic acids is 1. The number of Topliss-reactive ketones (excluding diaryl/α,β-unsaturated/α-hetero) is 1. The number of aliphatic hydroxyl groups excluding tert-OH is 1. The van der Waals surface area contributed by atoms with Gasteiger partial charge in [-0.1, -0.05) is 0 Å². The highest BCUT2D eigenvalue weighted by atomic mass is 16.3. The van der Waals surface area contributed by atoms with Crippen LogP contribution in [0.3, 0.4) is 0 Å².